The topological polar surface area (TPSA) is 109 Å². The van der Waals surface area contributed by atoms with E-state index in [4.69, 9.17) is 9.57 Å². The molecule has 3 aromatic rings. The fourth-order valence-electron chi connectivity index (χ4n) is 2.42. The normalized spacial score (nSPS) is 11.9. The third-order valence-corrected chi connectivity index (χ3v) is 3.82. The van der Waals surface area contributed by atoms with Crippen LogP contribution in [0.15, 0.2) is 63.9 Å². The standard InChI is InChI=1S/C19H18N4O4/c1-12(13-7-9-14(26-2)10-8-13)23-27-11-17(24)21-22-18-15-5-3-4-6-16(15)20-19(18)25/h3-10,20,25H,11H2,1-2H3. The molecule has 1 heterocycles. The van der Waals surface area contributed by atoms with Crippen molar-refractivity contribution in [2.45, 2.75) is 6.92 Å². The van der Waals surface area contributed by atoms with E-state index in [1.165, 1.54) is 0 Å². The van der Waals surface area contributed by atoms with Crippen molar-refractivity contribution in [1.82, 2.24) is 4.98 Å². The summed E-state index contributed by atoms with van der Waals surface area (Å²) in [6, 6.07) is 14.5. The molecule has 0 fully saturated rings. The largest absolute Gasteiger partial charge is 0.497 e. The first-order chi connectivity index (χ1) is 13.1. The minimum absolute atomic E-state index is 0.151. The number of ether oxygens (including phenoxy) is 1. The minimum atomic E-state index is -0.619. The summed E-state index contributed by atoms with van der Waals surface area (Å²) in [5.74, 6) is -0.0309. The van der Waals surface area contributed by atoms with E-state index in [0.717, 1.165) is 11.3 Å². The number of H-pyrrole nitrogens is 1. The molecule has 1 aromatic heterocycles. The molecule has 0 spiro atoms. The Balaban J connectivity index is 1.60. The lowest BCUT2D eigenvalue weighted by atomic mass is 10.1. The number of aromatic hydroxyl groups is 1. The number of hydrogen-bond acceptors (Lipinski definition) is 6. The zero-order valence-corrected chi connectivity index (χ0v) is 14.8. The summed E-state index contributed by atoms with van der Waals surface area (Å²) in [5.41, 5.74) is 2.36. The van der Waals surface area contributed by atoms with Crippen molar-refractivity contribution in [3.8, 4) is 11.6 Å². The number of carbonyl (C=O) groups excluding carboxylic acids is 1. The van der Waals surface area contributed by atoms with E-state index < -0.39 is 5.91 Å². The molecule has 138 valence electrons. The maximum atomic E-state index is 11.8. The monoisotopic (exact) mass is 366 g/mol. The number of fused-ring (bicyclic) bond motifs is 1. The molecular weight excluding hydrogens is 348 g/mol. The summed E-state index contributed by atoms with van der Waals surface area (Å²) in [4.78, 5) is 19.6. The quantitative estimate of drug-likeness (QED) is 0.391. The minimum Gasteiger partial charge on any atom is -0.497 e. The van der Waals surface area contributed by atoms with E-state index in [-0.39, 0.29) is 18.2 Å². The highest BCUT2D eigenvalue weighted by Gasteiger charge is 2.10. The molecule has 0 saturated heterocycles. The van der Waals surface area contributed by atoms with Gasteiger partial charge in [0, 0.05) is 5.39 Å². The van der Waals surface area contributed by atoms with Crippen molar-refractivity contribution in [3.63, 3.8) is 0 Å². The summed E-state index contributed by atoms with van der Waals surface area (Å²) in [6.07, 6.45) is 0. The van der Waals surface area contributed by atoms with Gasteiger partial charge in [-0.3, -0.25) is 4.79 Å². The molecule has 0 aliphatic rings. The van der Waals surface area contributed by atoms with Crippen LogP contribution in [0.2, 0.25) is 0 Å². The second-order valence-electron chi connectivity index (χ2n) is 5.64. The Kier molecular flexibility index (Phi) is 5.46. The number of nitrogens with one attached hydrogen (secondary N) is 1. The number of aromatic amines is 1. The highest BCUT2D eigenvalue weighted by Crippen LogP contribution is 2.35. The molecule has 0 unspecified atom stereocenters. The number of carbonyl (C=O) groups is 1. The number of oxime groups is 1. The second kappa shape index (κ2) is 8.13. The number of rotatable bonds is 6. The molecule has 27 heavy (non-hydrogen) atoms. The Labute approximate surface area is 155 Å². The number of methoxy groups -OCH3 is 1. The molecule has 0 bridgehead atoms. The smallest absolute Gasteiger partial charge is 0.304 e. The van der Waals surface area contributed by atoms with Crippen LogP contribution in [0.5, 0.6) is 11.6 Å². The molecule has 0 saturated carbocycles. The Bertz CT molecular complexity index is 1010. The number of nitrogens with zero attached hydrogens (tertiary/aromatic N) is 3. The van der Waals surface area contributed by atoms with E-state index in [1.54, 1.807) is 44.4 Å². The van der Waals surface area contributed by atoms with Gasteiger partial charge in [-0.2, -0.15) is 0 Å². The first kappa shape index (κ1) is 18.1. The van der Waals surface area contributed by atoms with Gasteiger partial charge in [-0.15, -0.1) is 10.2 Å². The van der Waals surface area contributed by atoms with Crippen molar-refractivity contribution in [1.29, 1.82) is 0 Å². The van der Waals surface area contributed by atoms with E-state index in [0.29, 0.717) is 16.6 Å². The van der Waals surface area contributed by atoms with Crippen LogP contribution in [0.4, 0.5) is 5.69 Å². The highest BCUT2D eigenvalue weighted by atomic mass is 16.6. The van der Waals surface area contributed by atoms with Crippen molar-refractivity contribution >= 4 is 28.2 Å². The number of hydrogen-bond donors (Lipinski definition) is 2. The van der Waals surface area contributed by atoms with Gasteiger partial charge in [-0.05, 0) is 42.8 Å². The lowest BCUT2D eigenvalue weighted by molar-refractivity contribution is -0.122. The van der Waals surface area contributed by atoms with Gasteiger partial charge in [0.1, 0.15) is 5.75 Å². The average molecular weight is 366 g/mol. The van der Waals surface area contributed by atoms with Gasteiger partial charge >= 0.3 is 5.91 Å². The van der Waals surface area contributed by atoms with Crippen LogP contribution < -0.4 is 4.74 Å². The van der Waals surface area contributed by atoms with Crippen LogP contribution >= 0.6 is 0 Å². The summed E-state index contributed by atoms with van der Waals surface area (Å²) in [6.45, 7) is 1.40. The summed E-state index contributed by atoms with van der Waals surface area (Å²) >= 11 is 0. The van der Waals surface area contributed by atoms with E-state index in [2.05, 4.69) is 20.4 Å². The molecule has 0 aliphatic carbocycles. The summed E-state index contributed by atoms with van der Waals surface area (Å²) < 4.78 is 5.10. The van der Waals surface area contributed by atoms with Crippen LogP contribution in [0.1, 0.15) is 12.5 Å². The molecule has 0 radical (unpaired) electrons. The third-order valence-electron chi connectivity index (χ3n) is 3.82. The molecule has 8 heteroatoms. The Morgan fingerprint density at radius 1 is 1.15 bits per heavy atom. The first-order valence-corrected chi connectivity index (χ1v) is 8.13. The van der Waals surface area contributed by atoms with E-state index in [9.17, 15) is 9.90 Å². The highest BCUT2D eigenvalue weighted by molar-refractivity contribution is 5.98. The van der Waals surface area contributed by atoms with Gasteiger partial charge < -0.3 is 19.7 Å². The van der Waals surface area contributed by atoms with Gasteiger partial charge in [0.2, 0.25) is 5.88 Å². The lowest BCUT2D eigenvalue weighted by Crippen LogP contribution is -2.04. The molecule has 1 amide bonds. The molecule has 2 aromatic carbocycles. The van der Waals surface area contributed by atoms with Crippen LogP contribution in [-0.2, 0) is 9.63 Å². The van der Waals surface area contributed by atoms with Crippen LogP contribution in [0, 0.1) is 0 Å². The van der Waals surface area contributed by atoms with Crippen molar-refractivity contribution in [2.24, 2.45) is 15.4 Å². The fraction of sp³-hybridized carbons (Fsp3) is 0.158. The molecule has 0 aliphatic heterocycles. The summed E-state index contributed by atoms with van der Waals surface area (Å²) in [7, 11) is 1.59. The maximum Gasteiger partial charge on any atom is 0.304 e. The zero-order valence-electron chi connectivity index (χ0n) is 14.8. The van der Waals surface area contributed by atoms with Gasteiger partial charge in [-0.25, -0.2) is 0 Å². The summed E-state index contributed by atoms with van der Waals surface area (Å²) in [5, 5.41) is 21.8. The molecule has 0 atom stereocenters. The van der Waals surface area contributed by atoms with Crippen LogP contribution in [-0.4, -0.2) is 35.4 Å². The third kappa shape index (κ3) is 4.30. The number of amides is 1. The Hall–Kier alpha value is -3.68. The predicted octanol–water partition coefficient (Wildman–Crippen LogP) is 3.93. The molecule has 2 N–H and O–H groups in total. The number of aromatic nitrogens is 1. The van der Waals surface area contributed by atoms with Crippen molar-refractivity contribution < 1.29 is 19.5 Å². The number of benzene rings is 2. The van der Waals surface area contributed by atoms with E-state index >= 15 is 0 Å². The maximum absolute atomic E-state index is 11.8. The Morgan fingerprint density at radius 2 is 1.89 bits per heavy atom. The molecular formula is C19H18N4O4. The average Bonchev–Trinajstić information content (AvgIpc) is 3.01. The number of azo groups is 1. The SMILES string of the molecule is COc1ccc(C(C)=NOCC(=O)N=Nc2c(O)[nH]c3ccccc23)cc1. The van der Waals surface area contributed by atoms with Crippen LogP contribution in [0.3, 0.4) is 0 Å². The predicted molar refractivity (Wildman–Crippen MR) is 101 cm³/mol. The lowest BCUT2D eigenvalue weighted by Gasteiger charge is -2.03. The van der Waals surface area contributed by atoms with Gasteiger partial charge in [-0.1, -0.05) is 23.4 Å². The zero-order chi connectivity index (χ0) is 19.2. The van der Waals surface area contributed by atoms with E-state index in [1.807, 2.05) is 18.2 Å². The first-order valence-electron chi connectivity index (χ1n) is 8.13. The fourth-order valence-corrected chi connectivity index (χ4v) is 2.42. The van der Waals surface area contributed by atoms with Gasteiger partial charge in [0.05, 0.1) is 18.3 Å². The molecule has 3 rings (SSSR count). The Morgan fingerprint density at radius 3 is 2.63 bits per heavy atom. The van der Waals surface area contributed by atoms with Gasteiger partial charge in [0.15, 0.2) is 12.3 Å². The molecule has 8 nitrogen and oxygen atoms in total. The van der Waals surface area contributed by atoms with Gasteiger partial charge in [0.25, 0.3) is 0 Å². The second-order valence-corrected chi connectivity index (χ2v) is 5.64. The number of para-hydroxylation sites is 1. The van der Waals surface area contributed by atoms with Crippen molar-refractivity contribution in [2.75, 3.05) is 13.7 Å². The van der Waals surface area contributed by atoms with Crippen molar-refractivity contribution in [3.05, 3.63) is 54.1 Å². The van der Waals surface area contributed by atoms with Crippen LogP contribution in [0.25, 0.3) is 10.9 Å².